The van der Waals surface area contributed by atoms with Crippen LogP contribution in [0, 0.1) is 0 Å². The number of rotatable bonds is 2. The minimum absolute atomic E-state index is 0.273. The normalized spacial score (nSPS) is 10.9. The summed E-state index contributed by atoms with van der Waals surface area (Å²) in [6.45, 7) is 0. The number of phenolic OH excluding ortho intramolecular Hbond substituents is 1. The number of aromatic amines is 1. The lowest BCUT2D eigenvalue weighted by Crippen LogP contribution is -1.75. The highest BCUT2D eigenvalue weighted by atomic mass is 16.3. The fourth-order valence-electron chi connectivity index (χ4n) is 1.17. The lowest BCUT2D eigenvalue weighted by molar-refractivity contribution is 0.474. The topological polar surface area (TPSA) is 48.9 Å². The summed E-state index contributed by atoms with van der Waals surface area (Å²) >= 11 is 0. The van der Waals surface area contributed by atoms with Crippen LogP contribution in [0.3, 0.4) is 0 Å². The summed E-state index contributed by atoms with van der Waals surface area (Å²) in [5, 5.41) is 9.46. The number of imidazole rings is 1. The first kappa shape index (κ1) is 8.56. The molecular weight excluding hydrogens is 176 g/mol. The Hall–Kier alpha value is -2.03. The highest BCUT2D eigenvalue weighted by Gasteiger charge is 1.93. The van der Waals surface area contributed by atoms with Crippen LogP contribution in [0.25, 0.3) is 12.2 Å². The van der Waals surface area contributed by atoms with Crippen LogP contribution < -0.4 is 0 Å². The third-order valence-corrected chi connectivity index (χ3v) is 1.88. The Kier molecular flexibility index (Phi) is 2.32. The van der Waals surface area contributed by atoms with Crippen LogP contribution in [0.1, 0.15) is 11.4 Å². The number of benzene rings is 1. The van der Waals surface area contributed by atoms with Crippen molar-refractivity contribution in [2.75, 3.05) is 0 Å². The number of nitrogens with one attached hydrogen (secondary N) is 1. The highest BCUT2D eigenvalue weighted by Crippen LogP contribution is 2.17. The van der Waals surface area contributed by atoms with Crippen molar-refractivity contribution in [3.05, 3.63) is 48.0 Å². The average Bonchev–Trinajstić information content (AvgIpc) is 2.69. The first-order valence-corrected chi connectivity index (χ1v) is 4.32. The minimum atomic E-state index is 0.273. The maximum Gasteiger partial charge on any atom is 0.129 e. The molecule has 1 heterocycles. The number of aromatic nitrogens is 2. The van der Waals surface area contributed by atoms with Gasteiger partial charge in [-0.25, -0.2) is 4.98 Å². The molecule has 2 rings (SSSR count). The molecule has 0 spiro atoms. The van der Waals surface area contributed by atoms with Gasteiger partial charge in [-0.3, -0.25) is 0 Å². The van der Waals surface area contributed by atoms with Gasteiger partial charge in [0.25, 0.3) is 0 Å². The van der Waals surface area contributed by atoms with Gasteiger partial charge in [-0.2, -0.15) is 0 Å². The second-order valence-corrected chi connectivity index (χ2v) is 2.87. The Labute approximate surface area is 81.8 Å². The second-order valence-electron chi connectivity index (χ2n) is 2.87. The molecule has 0 amide bonds. The number of nitrogens with zero attached hydrogens (tertiary/aromatic N) is 1. The lowest BCUT2D eigenvalue weighted by atomic mass is 10.2. The van der Waals surface area contributed by atoms with Crippen molar-refractivity contribution >= 4 is 12.2 Å². The molecule has 0 fully saturated rings. The van der Waals surface area contributed by atoms with E-state index in [0.717, 1.165) is 11.4 Å². The molecule has 0 saturated carbocycles. The fourth-order valence-corrected chi connectivity index (χ4v) is 1.17. The number of hydrogen-bond acceptors (Lipinski definition) is 2. The Bertz CT molecular complexity index is 432. The predicted octanol–water partition coefficient (Wildman–Crippen LogP) is 2.29. The standard InChI is InChI=1S/C11H10N2O/c14-10-4-2-1-3-9(10)5-6-11-12-7-8-13-11/h1-8,14H,(H,12,13)/b6-5+. The van der Waals surface area contributed by atoms with Crippen LogP contribution in [0.15, 0.2) is 36.7 Å². The van der Waals surface area contributed by atoms with E-state index < -0.39 is 0 Å². The molecule has 1 aromatic heterocycles. The maximum absolute atomic E-state index is 9.46. The Morgan fingerprint density at radius 2 is 2.07 bits per heavy atom. The molecule has 0 atom stereocenters. The van der Waals surface area contributed by atoms with E-state index in [1.165, 1.54) is 0 Å². The Balaban J connectivity index is 2.23. The summed E-state index contributed by atoms with van der Waals surface area (Å²) in [4.78, 5) is 6.98. The van der Waals surface area contributed by atoms with E-state index in [-0.39, 0.29) is 5.75 Å². The SMILES string of the molecule is Oc1ccccc1/C=C/c1ncc[nH]1. The first-order chi connectivity index (χ1) is 6.86. The molecule has 1 aromatic carbocycles. The zero-order chi connectivity index (χ0) is 9.80. The minimum Gasteiger partial charge on any atom is -0.507 e. The van der Waals surface area contributed by atoms with Crippen LogP contribution in [0.2, 0.25) is 0 Å². The van der Waals surface area contributed by atoms with E-state index in [4.69, 9.17) is 0 Å². The van der Waals surface area contributed by atoms with E-state index in [1.54, 1.807) is 24.5 Å². The Morgan fingerprint density at radius 1 is 1.21 bits per heavy atom. The van der Waals surface area contributed by atoms with E-state index in [1.807, 2.05) is 24.3 Å². The molecule has 14 heavy (non-hydrogen) atoms. The molecule has 0 saturated heterocycles. The monoisotopic (exact) mass is 186 g/mol. The van der Waals surface area contributed by atoms with Crippen LogP contribution in [0.4, 0.5) is 0 Å². The van der Waals surface area contributed by atoms with Gasteiger partial charge in [0.2, 0.25) is 0 Å². The molecular formula is C11H10N2O. The van der Waals surface area contributed by atoms with Gasteiger partial charge in [0.15, 0.2) is 0 Å². The van der Waals surface area contributed by atoms with Crippen LogP contribution in [0.5, 0.6) is 5.75 Å². The number of para-hydroxylation sites is 1. The molecule has 3 nitrogen and oxygen atoms in total. The van der Waals surface area contributed by atoms with Gasteiger partial charge < -0.3 is 10.1 Å². The molecule has 0 aliphatic heterocycles. The molecule has 2 N–H and O–H groups in total. The third-order valence-electron chi connectivity index (χ3n) is 1.88. The quantitative estimate of drug-likeness (QED) is 0.755. The van der Waals surface area contributed by atoms with Gasteiger partial charge in [0.05, 0.1) is 0 Å². The van der Waals surface area contributed by atoms with Gasteiger partial charge >= 0.3 is 0 Å². The molecule has 0 bridgehead atoms. The summed E-state index contributed by atoms with van der Waals surface area (Å²) in [5.74, 6) is 1.04. The van der Waals surface area contributed by atoms with Crippen LogP contribution >= 0.6 is 0 Å². The molecule has 0 aliphatic carbocycles. The molecule has 2 aromatic rings. The van der Waals surface area contributed by atoms with Crippen LogP contribution in [-0.4, -0.2) is 15.1 Å². The predicted molar refractivity (Wildman–Crippen MR) is 55.6 cm³/mol. The summed E-state index contributed by atoms with van der Waals surface area (Å²) in [6.07, 6.45) is 7.07. The largest absolute Gasteiger partial charge is 0.507 e. The number of aromatic hydroxyl groups is 1. The molecule has 0 aliphatic rings. The number of H-pyrrole nitrogens is 1. The van der Waals surface area contributed by atoms with Gasteiger partial charge in [0.1, 0.15) is 11.6 Å². The van der Waals surface area contributed by atoms with Crippen molar-refractivity contribution in [2.24, 2.45) is 0 Å². The Morgan fingerprint density at radius 3 is 2.79 bits per heavy atom. The number of phenols is 1. The van der Waals surface area contributed by atoms with Crippen molar-refractivity contribution in [3.8, 4) is 5.75 Å². The third kappa shape index (κ3) is 1.82. The van der Waals surface area contributed by atoms with Crippen molar-refractivity contribution in [3.63, 3.8) is 0 Å². The second kappa shape index (κ2) is 3.79. The zero-order valence-electron chi connectivity index (χ0n) is 7.51. The highest BCUT2D eigenvalue weighted by molar-refractivity contribution is 5.69. The van der Waals surface area contributed by atoms with Gasteiger partial charge in [0, 0.05) is 18.0 Å². The van der Waals surface area contributed by atoms with Crippen molar-refractivity contribution in [1.82, 2.24) is 9.97 Å². The van der Waals surface area contributed by atoms with E-state index in [2.05, 4.69) is 9.97 Å². The summed E-state index contributed by atoms with van der Waals surface area (Å²) < 4.78 is 0. The molecule has 0 unspecified atom stereocenters. The van der Waals surface area contributed by atoms with Gasteiger partial charge in [-0.15, -0.1) is 0 Å². The smallest absolute Gasteiger partial charge is 0.129 e. The molecule has 70 valence electrons. The number of hydrogen-bond donors (Lipinski definition) is 2. The van der Waals surface area contributed by atoms with E-state index in [0.29, 0.717) is 0 Å². The van der Waals surface area contributed by atoms with E-state index in [9.17, 15) is 5.11 Å². The van der Waals surface area contributed by atoms with Crippen molar-refractivity contribution in [2.45, 2.75) is 0 Å². The molecule has 3 heteroatoms. The van der Waals surface area contributed by atoms with E-state index >= 15 is 0 Å². The summed E-state index contributed by atoms with van der Waals surface area (Å²) in [5.41, 5.74) is 0.781. The van der Waals surface area contributed by atoms with Crippen molar-refractivity contribution in [1.29, 1.82) is 0 Å². The fraction of sp³-hybridized carbons (Fsp3) is 0. The molecule has 0 radical (unpaired) electrons. The van der Waals surface area contributed by atoms with Gasteiger partial charge in [-0.05, 0) is 18.2 Å². The summed E-state index contributed by atoms with van der Waals surface area (Å²) in [6, 6.07) is 7.16. The van der Waals surface area contributed by atoms with Gasteiger partial charge in [-0.1, -0.05) is 18.2 Å². The first-order valence-electron chi connectivity index (χ1n) is 4.32. The lowest BCUT2D eigenvalue weighted by Gasteiger charge is -1.95. The summed E-state index contributed by atoms with van der Waals surface area (Å²) in [7, 11) is 0. The zero-order valence-corrected chi connectivity index (χ0v) is 7.51. The maximum atomic E-state index is 9.46. The van der Waals surface area contributed by atoms with Crippen molar-refractivity contribution < 1.29 is 5.11 Å². The van der Waals surface area contributed by atoms with Crippen LogP contribution in [-0.2, 0) is 0 Å². The average molecular weight is 186 g/mol.